The van der Waals surface area contributed by atoms with E-state index in [1.54, 1.807) is 0 Å². The second-order valence-corrected chi connectivity index (χ2v) is 8.53. The first-order valence-electron chi connectivity index (χ1n) is 7.98. The minimum atomic E-state index is -5.08. The Morgan fingerprint density at radius 1 is 1.19 bits per heavy atom. The van der Waals surface area contributed by atoms with Crippen LogP contribution in [-0.4, -0.2) is 98.8 Å². The second kappa shape index (κ2) is 8.83. The number of alkyl halides is 3. The van der Waals surface area contributed by atoms with E-state index in [9.17, 15) is 21.6 Å². The van der Waals surface area contributed by atoms with Crippen LogP contribution in [0, 0.1) is 0 Å². The van der Waals surface area contributed by atoms with Gasteiger partial charge in [0.15, 0.2) is 0 Å². The number of rotatable bonds is 2. The summed E-state index contributed by atoms with van der Waals surface area (Å²) in [5.74, 6) is -2.76. The van der Waals surface area contributed by atoms with E-state index in [2.05, 4.69) is 18.7 Å². The molecule has 1 atom stereocenters. The zero-order valence-electron chi connectivity index (χ0n) is 15.0. The van der Waals surface area contributed by atoms with E-state index < -0.39 is 27.8 Å². The van der Waals surface area contributed by atoms with Crippen molar-refractivity contribution in [2.75, 3.05) is 52.3 Å². The van der Waals surface area contributed by atoms with Gasteiger partial charge in [0.05, 0.1) is 26.1 Å². The molecule has 0 radical (unpaired) electrons. The van der Waals surface area contributed by atoms with Crippen molar-refractivity contribution in [2.45, 2.75) is 31.7 Å². The van der Waals surface area contributed by atoms with Crippen LogP contribution in [0.1, 0.15) is 13.8 Å². The molecule has 0 aromatic heterocycles. The average Bonchev–Trinajstić information content (AvgIpc) is 2.69. The van der Waals surface area contributed by atoms with Crippen molar-refractivity contribution in [3.8, 4) is 0 Å². The number of carboxylic acids is 1. The predicted octanol–water partition coefficient (Wildman–Crippen LogP) is 0.391. The molecule has 1 spiro atoms. The molecule has 1 N–H and O–H groups in total. The normalized spacial score (nSPS) is 26.3. The minimum Gasteiger partial charge on any atom is -0.475 e. The second-order valence-electron chi connectivity index (χ2n) is 6.55. The maximum atomic E-state index is 11.7. The van der Waals surface area contributed by atoms with Crippen LogP contribution in [-0.2, 0) is 24.3 Å². The van der Waals surface area contributed by atoms with Gasteiger partial charge in [0, 0.05) is 32.2 Å². The minimum absolute atomic E-state index is 0.384. The first kappa shape index (κ1) is 23.1. The first-order chi connectivity index (χ1) is 11.8. The van der Waals surface area contributed by atoms with E-state index in [1.807, 2.05) is 0 Å². The summed E-state index contributed by atoms with van der Waals surface area (Å²) in [4.78, 5) is 11.2. The molecule has 2 aliphatic heterocycles. The van der Waals surface area contributed by atoms with E-state index in [-0.39, 0.29) is 0 Å². The number of hydrogen-bond donors (Lipinski definition) is 1. The fourth-order valence-electron chi connectivity index (χ4n) is 2.65. The molecule has 8 nitrogen and oxygen atoms in total. The molecule has 12 heteroatoms. The lowest BCUT2D eigenvalue weighted by molar-refractivity contribution is -0.192. The summed E-state index contributed by atoms with van der Waals surface area (Å²) in [6, 6.07) is 0.399. The highest BCUT2D eigenvalue weighted by molar-refractivity contribution is 7.88. The van der Waals surface area contributed by atoms with Crippen molar-refractivity contribution in [3.05, 3.63) is 0 Å². The van der Waals surface area contributed by atoms with Crippen LogP contribution in [0.25, 0.3) is 0 Å². The molecule has 2 rings (SSSR count). The molecule has 2 heterocycles. The number of halogens is 3. The Hall–Kier alpha value is -0.950. The Morgan fingerprint density at radius 3 is 2.23 bits per heavy atom. The van der Waals surface area contributed by atoms with Crippen molar-refractivity contribution in [1.82, 2.24) is 9.21 Å². The first-order valence-corrected chi connectivity index (χ1v) is 9.83. The molecular formula is C14H25F3N2O6S. The zero-order valence-corrected chi connectivity index (χ0v) is 15.8. The summed E-state index contributed by atoms with van der Waals surface area (Å²) >= 11 is 0. The SMILES string of the molecule is CC(C)N1CCOCC2(C1)CN(S(C)(=O)=O)CCO2.O=C(O)C(F)(F)F. The number of hydrogen-bond acceptors (Lipinski definition) is 6. The summed E-state index contributed by atoms with van der Waals surface area (Å²) in [5.41, 5.74) is -0.526. The standard InChI is InChI=1S/C12H24N2O4S.C2HF3O2/c1-11(2)13-4-6-17-10-12(8-13)9-14(5-7-18-12)19(3,15)16;3-2(4,5)1(6)7/h11H,4-10H2,1-3H3;(H,6,7). The summed E-state index contributed by atoms with van der Waals surface area (Å²) in [6.45, 7) is 8.23. The Balaban J connectivity index is 0.000000412. The fourth-order valence-corrected chi connectivity index (χ4v) is 3.53. The largest absolute Gasteiger partial charge is 0.490 e. The maximum Gasteiger partial charge on any atom is 0.490 e. The van der Waals surface area contributed by atoms with Crippen LogP contribution in [0.3, 0.4) is 0 Å². The van der Waals surface area contributed by atoms with Crippen molar-refractivity contribution >= 4 is 16.0 Å². The molecule has 2 saturated heterocycles. The number of aliphatic carboxylic acids is 1. The third-order valence-corrected chi connectivity index (χ3v) is 5.28. The Morgan fingerprint density at radius 2 is 1.77 bits per heavy atom. The Bertz CT molecular complexity index is 584. The molecular weight excluding hydrogens is 381 g/mol. The van der Waals surface area contributed by atoms with E-state index in [1.165, 1.54) is 10.6 Å². The number of sulfonamides is 1. The van der Waals surface area contributed by atoms with Gasteiger partial charge >= 0.3 is 12.1 Å². The van der Waals surface area contributed by atoms with Crippen molar-refractivity contribution in [1.29, 1.82) is 0 Å². The third-order valence-electron chi connectivity index (χ3n) is 4.03. The Labute approximate surface area is 150 Å². The quantitative estimate of drug-likeness (QED) is 0.709. The summed E-state index contributed by atoms with van der Waals surface area (Å²) in [7, 11) is -3.17. The van der Waals surface area contributed by atoms with Gasteiger partial charge in [-0.3, -0.25) is 4.90 Å². The van der Waals surface area contributed by atoms with Gasteiger partial charge in [0.25, 0.3) is 0 Å². The molecule has 0 aliphatic carbocycles. The van der Waals surface area contributed by atoms with Crippen LogP contribution >= 0.6 is 0 Å². The highest BCUT2D eigenvalue weighted by Crippen LogP contribution is 2.24. The van der Waals surface area contributed by atoms with Gasteiger partial charge in [-0.25, -0.2) is 13.2 Å². The molecule has 26 heavy (non-hydrogen) atoms. The molecule has 0 aromatic carbocycles. The van der Waals surface area contributed by atoms with Crippen molar-refractivity contribution < 1.29 is 41.0 Å². The number of morpholine rings is 1. The lowest BCUT2D eigenvalue weighted by atomic mass is 10.0. The topological polar surface area (TPSA) is 96.4 Å². The molecule has 154 valence electrons. The van der Waals surface area contributed by atoms with Gasteiger partial charge in [0.2, 0.25) is 10.0 Å². The van der Waals surface area contributed by atoms with E-state index in [0.717, 1.165) is 13.1 Å². The lowest BCUT2D eigenvalue weighted by Gasteiger charge is -2.43. The fraction of sp³-hybridized carbons (Fsp3) is 0.929. The predicted molar refractivity (Wildman–Crippen MR) is 86.3 cm³/mol. The van der Waals surface area contributed by atoms with Crippen molar-refractivity contribution in [2.24, 2.45) is 0 Å². The van der Waals surface area contributed by atoms with Gasteiger partial charge < -0.3 is 14.6 Å². The van der Waals surface area contributed by atoms with Gasteiger partial charge in [-0.15, -0.1) is 0 Å². The molecule has 2 fully saturated rings. The van der Waals surface area contributed by atoms with Gasteiger partial charge in [-0.1, -0.05) is 0 Å². The number of carbonyl (C=O) groups is 1. The van der Waals surface area contributed by atoms with Crippen molar-refractivity contribution in [3.63, 3.8) is 0 Å². The van der Waals surface area contributed by atoms with Gasteiger partial charge in [-0.05, 0) is 13.8 Å². The molecule has 0 saturated carbocycles. The summed E-state index contributed by atoms with van der Waals surface area (Å²) in [5, 5.41) is 7.12. The number of ether oxygens (including phenoxy) is 2. The molecule has 0 bridgehead atoms. The Kier molecular flexibility index (Phi) is 7.84. The maximum absolute atomic E-state index is 11.7. The smallest absolute Gasteiger partial charge is 0.475 e. The monoisotopic (exact) mass is 406 g/mol. The zero-order chi connectivity index (χ0) is 20.2. The van der Waals surface area contributed by atoms with Crippen LogP contribution in [0.5, 0.6) is 0 Å². The highest BCUT2D eigenvalue weighted by atomic mass is 32.2. The molecule has 1 unspecified atom stereocenters. The number of carboxylic acid groups (broad SMARTS) is 1. The highest BCUT2D eigenvalue weighted by Gasteiger charge is 2.42. The summed E-state index contributed by atoms with van der Waals surface area (Å²) in [6.07, 6.45) is -3.83. The van der Waals surface area contributed by atoms with E-state index in [4.69, 9.17) is 19.4 Å². The van der Waals surface area contributed by atoms with Crippen LogP contribution in [0.4, 0.5) is 13.2 Å². The van der Waals surface area contributed by atoms with Crippen LogP contribution in [0.2, 0.25) is 0 Å². The van der Waals surface area contributed by atoms with E-state index >= 15 is 0 Å². The van der Waals surface area contributed by atoms with Gasteiger partial charge in [-0.2, -0.15) is 17.5 Å². The molecule has 2 aliphatic rings. The third kappa shape index (κ3) is 6.99. The van der Waals surface area contributed by atoms with Gasteiger partial charge in [0.1, 0.15) is 5.60 Å². The average molecular weight is 406 g/mol. The number of nitrogens with zero attached hydrogens (tertiary/aromatic N) is 2. The van der Waals surface area contributed by atoms with Crippen LogP contribution in [0.15, 0.2) is 0 Å². The van der Waals surface area contributed by atoms with E-state index in [0.29, 0.717) is 39.0 Å². The summed E-state index contributed by atoms with van der Waals surface area (Å²) < 4.78 is 68.3. The molecule has 0 amide bonds. The molecule has 0 aromatic rings. The van der Waals surface area contributed by atoms with Crippen LogP contribution < -0.4 is 0 Å². The lowest BCUT2D eigenvalue weighted by Crippen LogP contribution is -2.60.